The molecule has 0 spiro atoms. The Morgan fingerprint density at radius 1 is 1.13 bits per heavy atom. The predicted octanol–water partition coefficient (Wildman–Crippen LogP) is 4.93. The van der Waals surface area contributed by atoms with Gasteiger partial charge in [0.2, 0.25) is 0 Å². The number of hydrogen-bond acceptors (Lipinski definition) is 3. The Labute approximate surface area is 171 Å². The Kier molecular flexibility index (Phi) is 5.42. The number of para-hydroxylation sites is 2. The minimum Gasteiger partial charge on any atom is -0.477 e. The van der Waals surface area contributed by atoms with E-state index in [2.05, 4.69) is 10.1 Å². The van der Waals surface area contributed by atoms with Crippen molar-refractivity contribution < 1.29 is 27.8 Å². The number of carboxylic acid groups (broad SMARTS) is 1. The molecule has 2 aromatic carbocycles. The molecule has 0 amide bonds. The smallest absolute Gasteiger partial charge is 0.477 e. The highest BCUT2D eigenvalue weighted by atomic mass is 19.4. The molecule has 1 aromatic heterocycles. The number of rotatable bonds is 7. The second kappa shape index (κ2) is 8.02. The van der Waals surface area contributed by atoms with E-state index in [1.807, 2.05) is 12.1 Å². The Morgan fingerprint density at radius 2 is 1.83 bits per heavy atom. The highest BCUT2D eigenvalue weighted by Crippen LogP contribution is 2.32. The van der Waals surface area contributed by atoms with E-state index in [9.17, 15) is 23.1 Å². The van der Waals surface area contributed by atoms with Crippen LogP contribution in [0.2, 0.25) is 0 Å². The van der Waals surface area contributed by atoms with E-state index in [-0.39, 0.29) is 23.6 Å². The van der Waals surface area contributed by atoms with Crippen molar-refractivity contribution in [2.75, 3.05) is 0 Å². The number of aromatic carboxylic acids is 1. The van der Waals surface area contributed by atoms with Crippen molar-refractivity contribution in [2.45, 2.75) is 44.8 Å². The maximum Gasteiger partial charge on any atom is 0.573 e. The monoisotopic (exact) mass is 418 g/mol. The SMILES string of the molecule is O=C(O)c1c(CNC2CCC2)c2ccccc2n1Cc1ccccc1OC(F)(F)F. The zero-order chi connectivity index (χ0) is 21.3. The second-order valence-corrected chi connectivity index (χ2v) is 7.40. The molecule has 3 aromatic rings. The third-order valence-electron chi connectivity index (χ3n) is 5.48. The lowest BCUT2D eigenvalue weighted by Gasteiger charge is -2.26. The van der Waals surface area contributed by atoms with Gasteiger partial charge in [-0.1, -0.05) is 42.8 Å². The zero-order valence-corrected chi connectivity index (χ0v) is 16.1. The lowest BCUT2D eigenvalue weighted by molar-refractivity contribution is -0.274. The molecule has 1 saturated carbocycles. The van der Waals surface area contributed by atoms with Gasteiger partial charge in [-0.25, -0.2) is 4.79 Å². The molecule has 1 aliphatic carbocycles. The fourth-order valence-electron chi connectivity index (χ4n) is 3.85. The average molecular weight is 418 g/mol. The van der Waals surface area contributed by atoms with Crippen LogP contribution in [0.4, 0.5) is 13.2 Å². The summed E-state index contributed by atoms with van der Waals surface area (Å²) in [7, 11) is 0. The second-order valence-electron chi connectivity index (χ2n) is 7.40. The van der Waals surface area contributed by atoms with Gasteiger partial charge >= 0.3 is 12.3 Å². The predicted molar refractivity (Wildman–Crippen MR) is 106 cm³/mol. The molecule has 5 nitrogen and oxygen atoms in total. The highest BCUT2D eigenvalue weighted by Gasteiger charge is 2.32. The zero-order valence-electron chi connectivity index (χ0n) is 16.1. The summed E-state index contributed by atoms with van der Waals surface area (Å²) in [5.41, 5.74) is 1.61. The molecular weight excluding hydrogens is 397 g/mol. The third kappa shape index (κ3) is 4.14. The van der Waals surface area contributed by atoms with E-state index in [1.165, 1.54) is 18.2 Å². The Hall–Kier alpha value is -3.00. The van der Waals surface area contributed by atoms with Crippen LogP contribution in [0, 0.1) is 0 Å². The number of aromatic nitrogens is 1. The van der Waals surface area contributed by atoms with Crippen molar-refractivity contribution in [3.63, 3.8) is 0 Å². The van der Waals surface area contributed by atoms with E-state index in [0.717, 1.165) is 24.6 Å². The molecule has 0 aliphatic heterocycles. The van der Waals surface area contributed by atoms with Crippen LogP contribution in [-0.4, -0.2) is 28.0 Å². The fraction of sp³-hybridized carbons (Fsp3) is 0.318. The molecule has 30 heavy (non-hydrogen) atoms. The summed E-state index contributed by atoms with van der Waals surface area (Å²) in [5.74, 6) is -1.46. The first-order valence-electron chi connectivity index (χ1n) is 9.74. The first kappa shape index (κ1) is 20.3. The van der Waals surface area contributed by atoms with Crippen LogP contribution in [-0.2, 0) is 13.1 Å². The van der Waals surface area contributed by atoms with Gasteiger partial charge in [0.15, 0.2) is 0 Å². The molecule has 1 aliphatic rings. The molecule has 0 saturated heterocycles. The fourth-order valence-corrected chi connectivity index (χ4v) is 3.85. The number of carbonyl (C=O) groups is 1. The number of nitrogens with zero attached hydrogens (tertiary/aromatic N) is 1. The number of fused-ring (bicyclic) bond motifs is 1. The molecule has 1 heterocycles. The Morgan fingerprint density at radius 3 is 2.50 bits per heavy atom. The average Bonchev–Trinajstić information content (AvgIpc) is 2.95. The van der Waals surface area contributed by atoms with Gasteiger partial charge in [0.25, 0.3) is 0 Å². The molecule has 8 heteroatoms. The molecule has 2 N–H and O–H groups in total. The summed E-state index contributed by atoms with van der Waals surface area (Å²) in [6, 6.07) is 13.4. The van der Waals surface area contributed by atoms with Crippen molar-refractivity contribution in [1.82, 2.24) is 9.88 Å². The van der Waals surface area contributed by atoms with Crippen molar-refractivity contribution in [3.05, 3.63) is 65.4 Å². The van der Waals surface area contributed by atoms with E-state index < -0.39 is 12.3 Å². The molecule has 0 atom stereocenters. The van der Waals surface area contributed by atoms with Gasteiger partial charge in [-0.3, -0.25) is 0 Å². The number of benzene rings is 2. The number of halogens is 3. The minimum absolute atomic E-state index is 0.0577. The van der Waals surface area contributed by atoms with E-state index >= 15 is 0 Å². The molecule has 158 valence electrons. The lowest BCUT2D eigenvalue weighted by atomic mass is 9.93. The van der Waals surface area contributed by atoms with E-state index in [0.29, 0.717) is 23.7 Å². The maximum atomic E-state index is 12.8. The van der Waals surface area contributed by atoms with Gasteiger partial charge < -0.3 is 19.7 Å². The summed E-state index contributed by atoms with van der Waals surface area (Å²) in [4.78, 5) is 12.2. The van der Waals surface area contributed by atoms with Crippen molar-refractivity contribution in [2.24, 2.45) is 0 Å². The van der Waals surface area contributed by atoms with Crippen LogP contribution in [0.25, 0.3) is 10.9 Å². The number of nitrogens with one attached hydrogen (secondary N) is 1. The van der Waals surface area contributed by atoms with E-state index in [1.54, 1.807) is 22.8 Å². The van der Waals surface area contributed by atoms with Crippen LogP contribution in [0.15, 0.2) is 48.5 Å². The van der Waals surface area contributed by atoms with Crippen LogP contribution >= 0.6 is 0 Å². The van der Waals surface area contributed by atoms with Crippen LogP contribution in [0.3, 0.4) is 0 Å². The number of ether oxygens (including phenoxy) is 1. The van der Waals surface area contributed by atoms with Gasteiger partial charge in [0.05, 0.1) is 6.54 Å². The van der Waals surface area contributed by atoms with Gasteiger partial charge in [-0.05, 0) is 25.0 Å². The number of carboxylic acids is 1. The molecule has 0 bridgehead atoms. The molecule has 0 radical (unpaired) electrons. The first-order valence-corrected chi connectivity index (χ1v) is 9.74. The van der Waals surface area contributed by atoms with Crippen molar-refractivity contribution in [3.8, 4) is 5.75 Å². The van der Waals surface area contributed by atoms with Gasteiger partial charge in [0, 0.05) is 34.6 Å². The molecule has 4 rings (SSSR count). The Balaban J connectivity index is 1.77. The normalized spacial score (nSPS) is 14.6. The summed E-state index contributed by atoms with van der Waals surface area (Å²) in [6.45, 7) is 0.332. The lowest BCUT2D eigenvalue weighted by Crippen LogP contribution is -2.34. The maximum absolute atomic E-state index is 12.8. The van der Waals surface area contributed by atoms with Crippen LogP contribution < -0.4 is 10.1 Å². The molecular formula is C22H21F3N2O3. The van der Waals surface area contributed by atoms with Gasteiger partial charge in [0.1, 0.15) is 11.4 Å². The van der Waals surface area contributed by atoms with Crippen LogP contribution in [0.1, 0.15) is 40.9 Å². The highest BCUT2D eigenvalue weighted by molar-refractivity contribution is 5.98. The topological polar surface area (TPSA) is 63.5 Å². The number of alkyl halides is 3. The quantitative estimate of drug-likeness (QED) is 0.571. The number of hydrogen-bond donors (Lipinski definition) is 2. The summed E-state index contributed by atoms with van der Waals surface area (Å²) < 4.78 is 44.1. The first-order chi connectivity index (χ1) is 14.3. The molecule has 1 fully saturated rings. The summed E-state index contributed by atoms with van der Waals surface area (Å²) in [5, 5.41) is 14.1. The van der Waals surface area contributed by atoms with Crippen molar-refractivity contribution >= 4 is 16.9 Å². The third-order valence-corrected chi connectivity index (χ3v) is 5.48. The molecule has 0 unspecified atom stereocenters. The summed E-state index contributed by atoms with van der Waals surface area (Å²) >= 11 is 0. The minimum atomic E-state index is -4.83. The largest absolute Gasteiger partial charge is 0.573 e. The van der Waals surface area contributed by atoms with Gasteiger partial charge in [-0.2, -0.15) is 0 Å². The van der Waals surface area contributed by atoms with E-state index in [4.69, 9.17) is 0 Å². The summed E-state index contributed by atoms with van der Waals surface area (Å²) in [6.07, 6.45) is -1.56. The van der Waals surface area contributed by atoms with Crippen LogP contribution in [0.5, 0.6) is 5.75 Å². The van der Waals surface area contributed by atoms with Crippen molar-refractivity contribution in [1.29, 1.82) is 0 Å². The van der Waals surface area contributed by atoms with Gasteiger partial charge in [-0.15, -0.1) is 13.2 Å². The standard InChI is InChI=1S/C22H21F3N2O3/c23-22(24,25)30-19-11-4-1-6-14(19)13-27-18-10-3-2-9-16(18)17(20(27)21(28)29)12-26-15-7-5-8-15/h1-4,6,9-11,15,26H,5,7-8,12-13H2,(H,28,29). The Bertz CT molecular complexity index is 1070.